The number of halogens is 2. The van der Waals surface area contributed by atoms with Crippen molar-refractivity contribution in [3.8, 4) is 0 Å². The first-order valence-corrected chi connectivity index (χ1v) is 7.04. The largest absolute Gasteiger partial charge is 0.477 e. The van der Waals surface area contributed by atoms with E-state index in [0.29, 0.717) is 8.67 Å². The molecule has 0 amide bonds. The summed E-state index contributed by atoms with van der Waals surface area (Å²) in [5.41, 5.74) is 0. The average molecular weight is 323 g/mol. The molecule has 0 fully saturated rings. The lowest BCUT2D eigenvalue weighted by molar-refractivity contribution is 0.0702. The summed E-state index contributed by atoms with van der Waals surface area (Å²) < 4.78 is 1.17. The molecule has 2 aromatic heterocycles. The second kappa shape index (κ2) is 6.89. The minimum atomic E-state index is -0.924. The molecule has 0 bridgehead atoms. The van der Waals surface area contributed by atoms with E-state index >= 15 is 0 Å². The molecule has 2 heterocycles. The van der Waals surface area contributed by atoms with E-state index in [1.165, 1.54) is 24.3 Å². The van der Waals surface area contributed by atoms with Gasteiger partial charge in [0, 0.05) is 0 Å². The highest BCUT2D eigenvalue weighted by atomic mass is 35.5. The molecule has 0 saturated heterocycles. The summed E-state index contributed by atoms with van der Waals surface area (Å²) >= 11 is 13.4. The quantitative estimate of drug-likeness (QED) is 0.815. The van der Waals surface area contributed by atoms with Gasteiger partial charge < -0.3 is 5.11 Å². The first-order valence-electron chi connectivity index (χ1n) is 4.65. The van der Waals surface area contributed by atoms with E-state index in [4.69, 9.17) is 28.3 Å². The Labute approximate surface area is 122 Å². The Morgan fingerprint density at radius 3 is 1.61 bits per heavy atom. The number of hydrogen-bond donors (Lipinski definition) is 1. The van der Waals surface area contributed by atoms with E-state index in [0.717, 1.165) is 16.2 Å². The van der Waals surface area contributed by atoms with Gasteiger partial charge in [0.1, 0.15) is 4.88 Å². The van der Waals surface area contributed by atoms with Crippen LogP contribution in [0, 0.1) is 0 Å². The summed E-state index contributed by atoms with van der Waals surface area (Å²) in [6, 6.07) is 6.50. The minimum Gasteiger partial charge on any atom is -0.477 e. The third-order valence-electron chi connectivity index (χ3n) is 1.70. The number of ketones is 1. The summed E-state index contributed by atoms with van der Waals surface area (Å²) in [6.07, 6.45) is 0. The monoisotopic (exact) mass is 322 g/mol. The van der Waals surface area contributed by atoms with Gasteiger partial charge in [-0.2, -0.15) is 0 Å². The van der Waals surface area contributed by atoms with Gasteiger partial charge in [-0.25, -0.2) is 4.79 Å². The van der Waals surface area contributed by atoms with Crippen LogP contribution in [0.3, 0.4) is 0 Å². The zero-order valence-electron chi connectivity index (χ0n) is 9.15. The predicted molar refractivity (Wildman–Crippen MR) is 75.6 cm³/mol. The van der Waals surface area contributed by atoms with E-state index in [1.807, 2.05) is 0 Å². The normalized spacial score (nSPS) is 9.50. The third kappa shape index (κ3) is 4.78. The summed E-state index contributed by atoms with van der Waals surface area (Å²) in [4.78, 5) is 21.8. The summed E-state index contributed by atoms with van der Waals surface area (Å²) in [6.45, 7) is 1.53. The van der Waals surface area contributed by atoms with Crippen molar-refractivity contribution < 1.29 is 14.7 Å². The standard InChI is InChI=1S/C6H5ClOS.C5H3ClO2S/c1-4(8)5-2-3-6(7)9-5;6-4-2-1-3(9-4)5(7)8/h2-3H,1H3;1-2H,(H,7,8). The average Bonchev–Trinajstić information content (AvgIpc) is 2.88. The van der Waals surface area contributed by atoms with Crippen LogP contribution < -0.4 is 0 Å². The molecule has 0 aliphatic rings. The Kier molecular flexibility index (Phi) is 5.81. The highest BCUT2D eigenvalue weighted by molar-refractivity contribution is 7.18. The van der Waals surface area contributed by atoms with Crippen LogP contribution in [0.4, 0.5) is 0 Å². The second-order valence-corrected chi connectivity index (χ2v) is 6.50. The van der Waals surface area contributed by atoms with Crippen molar-refractivity contribution in [2.75, 3.05) is 0 Å². The van der Waals surface area contributed by atoms with Crippen molar-refractivity contribution in [3.63, 3.8) is 0 Å². The van der Waals surface area contributed by atoms with Gasteiger partial charge in [0.25, 0.3) is 0 Å². The number of hydrogen-bond acceptors (Lipinski definition) is 4. The van der Waals surface area contributed by atoms with E-state index in [-0.39, 0.29) is 10.7 Å². The number of carboxylic acid groups (broad SMARTS) is 1. The van der Waals surface area contributed by atoms with Crippen molar-refractivity contribution in [2.45, 2.75) is 6.92 Å². The van der Waals surface area contributed by atoms with Crippen molar-refractivity contribution in [1.82, 2.24) is 0 Å². The lowest BCUT2D eigenvalue weighted by Gasteiger charge is -1.80. The van der Waals surface area contributed by atoms with Gasteiger partial charge >= 0.3 is 5.97 Å². The molecule has 0 saturated carbocycles. The predicted octanol–water partition coefficient (Wildman–Crippen LogP) is 4.70. The van der Waals surface area contributed by atoms with Crippen LogP contribution in [0.2, 0.25) is 8.67 Å². The molecule has 0 aliphatic heterocycles. The van der Waals surface area contributed by atoms with Gasteiger partial charge in [-0.3, -0.25) is 4.79 Å². The first kappa shape index (κ1) is 15.2. The van der Waals surface area contributed by atoms with Crippen LogP contribution in [0.1, 0.15) is 26.3 Å². The van der Waals surface area contributed by atoms with Crippen LogP contribution >= 0.6 is 45.9 Å². The van der Waals surface area contributed by atoms with Crippen LogP contribution in [-0.2, 0) is 0 Å². The van der Waals surface area contributed by atoms with Crippen LogP contribution in [0.15, 0.2) is 24.3 Å². The lowest BCUT2D eigenvalue weighted by atomic mass is 10.4. The van der Waals surface area contributed by atoms with E-state index in [1.54, 1.807) is 18.2 Å². The summed E-state index contributed by atoms with van der Waals surface area (Å²) in [7, 11) is 0. The molecule has 0 aromatic carbocycles. The molecule has 2 aromatic rings. The van der Waals surface area contributed by atoms with Gasteiger partial charge in [-0.1, -0.05) is 23.2 Å². The molecule has 0 radical (unpaired) electrons. The fourth-order valence-corrected chi connectivity index (χ4v) is 2.75. The molecule has 2 rings (SSSR count). The maximum absolute atomic E-state index is 10.6. The second-order valence-electron chi connectivity index (χ2n) is 3.07. The number of aromatic carboxylic acids is 1. The molecule has 0 aliphatic carbocycles. The molecule has 0 unspecified atom stereocenters. The minimum absolute atomic E-state index is 0.0758. The van der Waals surface area contributed by atoms with E-state index < -0.39 is 5.97 Å². The molecular weight excluding hydrogens is 315 g/mol. The number of carboxylic acids is 1. The summed E-state index contributed by atoms with van der Waals surface area (Å²) in [5, 5.41) is 8.35. The SMILES string of the molecule is CC(=O)c1ccc(Cl)s1.O=C(O)c1ccc(Cl)s1. The van der Waals surface area contributed by atoms with Crippen molar-refractivity contribution in [3.05, 3.63) is 42.7 Å². The fourth-order valence-electron chi connectivity index (χ4n) is 0.933. The van der Waals surface area contributed by atoms with Gasteiger partial charge in [0.05, 0.1) is 13.5 Å². The number of thiophene rings is 2. The van der Waals surface area contributed by atoms with Gasteiger partial charge in [-0.05, 0) is 31.2 Å². The number of carbonyl (C=O) groups excluding carboxylic acids is 1. The molecule has 0 spiro atoms. The molecule has 1 N–H and O–H groups in total. The maximum atomic E-state index is 10.6. The molecule has 18 heavy (non-hydrogen) atoms. The van der Waals surface area contributed by atoms with Crippen LogP contribution in [-0.4, -0.2) is 16.9 Å². The molecule has 3 nitrogen and oxygen atoms in total. The Balaban J connectivity index is 0.000000180. The first-order chi connectivity index (χ1) is 8.40. The smallest absolute Gasteiger partial charge is 0.345 e. The zero-order valence-corrected chi connectivity index (χ0v) is 12.3. The fraction of sp³-hybridized carbons (Fsp3) is 0.0909. The number of Topliss-reactive ketones (excluding diaryl/α,β-unsaturated/α-hetero) is 1. The van der Waals surface area contributed by atoms with Gasteiger partial charge in [0.2, 0.25) is 0 Å². The summed E-state index contributed by atoms with van der Waals surface area (Å²) in [5.74, 6) is -0.848. The Hall–Kier alpha value is -0.880. The highest BCUT2D eigenvalue weighted by Gasteiger charge is 2.03. The molecule has 96 valence electrons. The topological polar surface area (TPSA) is 54.4 Å². The molecular formula is C11H8Cl2O3S2. The van der Waals surface area contributed by atoms with Crippen molar-refractivity contribution in [2.24, 2.45) is 0 Å². The van der Waals surface area contributed by atoms with Crippen molar-refractivity contribution in [1.29, 1.82) is 0 Å². The Bertz CT molecular complexity index is 510. The van der Waals surface area contributed by atoms with Crippen LogP contribution in [0.25, 0.3) is 0 Å². The maximum Gasteiger partial charge on any atom is 0.345 e. The van der Waals surface area contributed by atoms with E-state index in [9.17, 15) is 9.59 Å². The number of rotatable bonds is 2. The Morgan fingerprint density at radius 2 is 1.44 bits per heavy atom. The Morgan fingerprint density at radius 1 is 1.00 bits per heavy atom. The third-order valence-corrected chi connectivity index (χ3v) is 4.26. The highest BCUT2D eigenvalue weighted by Crippen LogP contribution is 2.21. The molecule has 0 atom stereocenters. The van der Waals surface area contributed by atoms with Crippen molar-refractivity contribution >= 4 is 57.6 Å². The van der Waals surface area contributed by atoms with E-state index in [2.05, 4.69) is 0 Å². The zero-order chi connectivity index (χ0) is 13.7. The number of carbonyl (C=O) groups is 2. The molecule has 7 heteroatoms. The van der Waals surface area contributed by atoms with Gasteiger partial charge in [0.15, 0.2) is 5.78 Å². The van der Waals surface area contributed by atoms with Crippen LogP contribution in [0.5, 0.6) is 0 Å². The van der Waals surface area contributed by atoms with Gasteiger partial charge in [-0.15, -0.1) is 22.7 Å². The lowest BCUT2D eigenvalue weighted by Crippen LogP contribution is -1.89.